The van der Waals surface area contributed by atoms with Gasteiger partial charge in [0.2, 0.25) is 0 Å². The van der Waals surface area contributed by atoms with Crippen LogP contribution in [0.3, 0.4) is 0 Å². The van der Waals surface area contributed by atoms with Gasteiger partial charge in [0, 0.05) is 6.54 Å². The second-order valence-corrected chi connectivity index (χ2v) is 1.70. The smallest absolute Gasteiger partial charge is 0.185 e. The number of guanidine groups is 1. The molecule has 3 heteroatoms. The van der Waals surface area contributed by atoms with E-state index in [1.165, 1.54) is 0 Å². The minimum absolute atomic E-state index is 0.0412. The van der Waals surface area contributed by atoms with Crippen LogP contribution >= 0.6 is 0 Å². The molecule has 0 bridgehead atoms. The van der Waals surface area contributed by atoms with Crippen LogP contribution in [0, 0.1) is 5.41 Å². The number of allylic oxidation sites excluding steroid dienone is 1. The fraction of sp³-hybridized carbons (Fsp3) is 0.500. The average molecular weight is 127 g/mol. The summed E-state index contributed by atoms with van der Waals surface area (Å²) in [6.45, 7) is 2.72. The predicted molar refractivity (Wildman–Crippen MR) is 39.3 cm³/mol. The lowest BCUT2D eigenvalue weighted by Gasteiger charge is -1.97. The number of rotatable bonds is 3. The molecule has 0 aromatic rings. The van der Waals surface area contributed by atoms with Gasteiger partial charge in [-0.2, -0.15) is 0 Å². The maximum absolute atomic E-state index is 6.77. The number of nitrogens with one attached hydrogen (secondary N) is 2. The van der Waals surface area contributed by atoms with Gasteiger partial charge in [-0.15, -0.1) is 0 Å². The lowest BCUT2D eigenvalue weighted by atomic mass is 10.4. The van der Waals surface area contributed by atoms with Gasteiger partial charge in [-0.3, -0.25) is 5.41 Å². The fourth-order valence-corrected chi connectivity index (χ4v) is 0.457. The Bertz CT molecular complexity index is 107. The second-order valence-electron chi connectivity index (χ2n) is 1.70. The quantitative estimate of drug-likeness (QED) is 0.223. The average Bonchev–Trinajstić information content (AvgIpc) is 1.80. The van der Waals surface area contributed by atoms with E-state index in [0.29, 0.717) is 0 Å². The highest BCUT2D eigenvalue weighted by Crippen LogP contribution is 1.77. The molecule has 0 atom stereocenters. The van der Waals surface area contributed by atoms with E-state index in [0.717, 1.165) is 13.0 Å². The Morgan fingerprint density at radius 3 is 2.89 bits per heavy atom. The predicted octanol–water partition coefficient (Wildman–Crippen LogP) is 0.436. The Kier molecular flexibility index (Phi) is 4.59. The normalized spacial score (nSPS) is 9.89. The molecule has 0 heterocycles. The molecule has 0 rings (SSSR count). The molecule has 0 aliphatic carbocycles. The number of nitrogens with two attached hydrogens (primary N) is 1. The molecule has 0 fully saturated rings. The van der Waals surface area contributed by atoms with E-state index in [1.54, 1.807) is 0 Å². The summed E-state index contributed by atoms with van der Waals surface area (Å²) in [5.74, 6) is 0.0412. The van der Waals surface area contributed by atoms with Gasteiger partial charge < -0.3 is 11.1 Å². The molecule has 0 aromatic carbocycles. The zero-order valence-electron chi connectivity index (χ0n) is 5.65. The van der Waals surface area contributed by atoms with Crippen molar-refractivity contribution in [3.05, 3.63) is 12.2 Å². The first-order valence-corrected chi connectivity index (χ1v) is 2.96. The minimum atomic E-state index is 0.0412. The van der Waals surface area contributed by atoms with Crippen LogP contribution in [-0.2, 0) is 0 Å². The highest BCUT2D eigenvalue weighted by molar-refractivity contribution is 5.74. The van der Waals surface area contributed by atoms with Gasteiger partial charge in [0.05, 0.1) is 0 Å². The molecule has 0 aliphatic rings. The SMILES string of the molecule is C/C=C/CCNC(=N)N. The van der Waals surface area contributed by atoms with Crippen molar-refractivity contribution in [2.24, 2.45) is 5.73 Å². The van der Waals surface area contributed by atoms with Gasteiger partial charge in [-0.05, 0) is 13.3 Å². The summed E-state index contributed by atoms with van der Waals surface area (Å²) in [6.07, 6.45) is 4.92. The van der Waals surface area contributed by atoms with Crippen LogP contribution in [0.25, 0.3) is 0 Å². The molecule has 0 saturated heterocycles. The van der Waals surface area contributed by atoms with Crippen molar-refractivity contribution < 1.29 is 0 Å². The Balaban J connectivity index is 3.01. The van der Waals surface area contributed by atoms with Crippen molar-refractivity contribution >= 4 is 5.96 Å². The van der Waals surface area contributed by atoms with Crippen molar-refractivity contribution in [2.45, 2.75) is 13.3 Å². The van der Waals surface area contributed by atoms with Crippen molar-refractivity contribution in [3.63, 3.8) is 0 Å². The Labute approximate surface area is 55.4 Å². The number of hydrogen-bond donors (Lipinski definition) is 3. The van der Waals surface area contributed by atoms with E-state index >= 15 is 0 Å². The Morgan fingerprint density at radius 1 is 1.78 bits per heavy atom. The summed E-state index contributed by atoms with van der Waals surface area (Å²) in [5.41, 5.74) is 5.02. The summed E-state index contributed by atoms with van der Waals surface area (Å²) >= 11 is 0. The zero-order chi connectivity index (χ0) is 7.11. The lowest BCUT2D eigenvalue weighted by Crippen LogP contribution is -2.30. The van der Waals surface area contributed by atoms with Crippen molar-refractivity contribution in [1.29, 1.82) is 5.41 Å². The minimum Gasteiger partial charge on any atom is -0.370 e. The van der Waals surface area contributed by atoms with Crippen LogP contribution in [-0.4, -0.2) is 12.5 Å². The van der Waals surface area contributed by atoms with E-state index in [-0.39, 0.29) is 5.96 Å². The van der Waals surface area contributed by atoms with E-state index in [2.05, 4.69) is 5.32 Å². The van der Waals surface area contributed by atoms with Crippen molar-refractivity contribution in [2.75, 3.05) is 6.54 Å². The highest BCUT2D eigenvalue weighted by Gasteiger charge is 1.81. The summed E-state index contributed by atoms with van der Waals surface area (Å²) in [7, 11) is 0. The maximum atomic E-state index is 6.77. The van der Waals surface area contributed by atoms with Gasteiger partial charge in [0.1, 0.15) is 0 Å². The fourth-order valence-electron chi connectivity index (χ4n) is 0.457. The third kappa shape index (κ3) is 7.01. The van der Waals surface area contributed by atoms with E-state index < -0.39 is 0 Å². The van der Waals surface area contributed by atoms with Gasteiger partial charge in [0.25, 0.3) is 0 Å². The third-order valence-electron chi connectivity index (χ3n) is 0.862. The van der Waals surface area contributed by atoms with E-state index in [9.17, 15) is 0 Å². The highest BCUT2D eigenvalue weighted by atomic mass is 15.0. The van der Waals surface area contributed by atoms with E-state index in [4.69, 9.17) is 11.1 Å². The van der Waals surface area contributed by atoms with E-state index in [1.807, 2.05) is 19.1 Å². The molecule has 3 nitrogen and oxygen atoms in total. The Morgan fingerprint density at radius 2 is 2.44 bits per heavy atom. The van der Waals surface area contributed by atoms with Crippen LogP contribution in [0.15, 0.2) is 12.2 Å². The molecule has 0 spiro atoms. The molecule has 4 N–H and O–H groups in total. The Hall–Kier alpha value is -0.990. The van der Waals surface area contributed by atoms with Crippen LogP contribution in [0.5, 0.6) is 0 Å². The number of hydrogen-bond acceptors (Lipinski definition) is 1. The molecule has 0 saturated carbocycles. The largest absolute Gasteiger partial charge is 0.370 e. The zero-order valence-corrected chi connectivity index (χ0v) is 5.65. The van der Waals surface area contributed by atoms with Gasteiger partial charge in [-0.25, -0.2) is 0 Å². The molecule has 0 unspecified atom stereocenters. The molecule has 0 radical (unpaired) electrons. The van der Waals surface area contributed by atoms with Crippen LogP contribution in [0.4, 0.5) is 0 Å². The molecule has 0 aromatic heterocycles. The molecular weight excluding hydrogens is 114 g/mol. The topological polar surface area (TPSA) is 61.9 Å². The molecule has 9 heavy (non-hydrogen) atoms. The molecule has 52 valence electrons. The van der Waals surface area contributed by atoms with Crippen LogP contribution < -0.4 is 11.1 Å². The maximum Gasteiger partial charge on any atom is 0.185 e. The first kappa shape index (κ1) is 8.01. The third-order valence-corrected chi connectivity index (χ3v) is 0.862. The molecule has 0 aliphatic heterocycles. The summed E-state index contributed by atoms with van der Waals surface area (Å²) in [5, 5.41) is 9.46. The van der Waals surface area contributed by atoms with Crippen molar-refractivity contribution in [3.8, 4) is 0 Å². The first-order valence-electron chi connectivity index (χ1n) is 2.96. The second kappa shape index (κ2) is 5.15. The van der Waals surface area contributed by atoms with Gasteiger partial charge in [-0.1, -0.05) is 12.2 Å². The van der Waals surface area contributed by atoms with Gasteiger partial charge in [0.15, 0.2) is 5.96 Å². The van der Waals surface area contributed by atoms with Gasteiger partial charge >= 0.3 is 0 Å². The lowest BCUT2D eigenvalue weighted by molar-refractivity contribution is 0.874. The van der Waals surface area contributed by atoms with Crippen molar-refractivity contribution in [1.82, 2.24) is 5.32 Å². The van der Waals surface area contributed by atoms with Crippen LogP contribution in [0.2, 0.25) is 0 Å². The monoisotopic (exact) mass is 127 g/mol. The summed E-state index contributed by atoms with van der Waals surface area (Å²) < 4.78 is 0. The molecular formula is C6H13N3. The first-order chi connectivity index (χ1) is 4.27. The van der Waals surface area contributed by atoms with Crippen LogP contribution in [0.1, 0.15) is 13.3 Å². The summed E-state index contributed by atoms with van der Waals surface area (Å²) in [6, 6.07) is 0. The standard InChI is InChI=1S/C6H13N3/c1-2-3-4-5-9-6(7)8/h2-3H,4-5H2,1H3,(H4,7,8,9)/b3-2+. The molecule has 0 amide bonds. The summed E-state index contributed by atoms with van der Waals surface area (Å²) in [4.78, 5) is 0.